The number of ether oxygens (including phenoxy) is 2. The Morgan fingerprint density at radius 1 is 1.32 bits per heavy atom. The summed E-state index contributed by atoms with van der Waals surface area (Å²) in [4.78, 5) is 4.47. The molecule has 6 nitrogen and oxygen atoms in total. The average Bonchev–Trinajstić information content (AvgIpc) is 2.89. The third-order valence-corrected chi connectivity index (χ3v) is 3.46. The number of rotatable bonds is 7. The summed E-state index contributed by atoms with van der Waals surface area (Å²) in [5, 5.41) is 7.48. The summed E-state index contributed by atoms with van der Waals surface area (Å²) in [5.74, 6) is 1.40. The molecule has 108 valence electrons. The minimum atomic E-state index is -0.166. The first kappa shape index (κ1) is 14.4. The fourth-order valence-corrected chi connectivity index (χ4v) is 2.23. The first-order valence-electron chi connectivity index (χ1n) is 6.89. The van der Waals surface area contributed by atoms with E-state index >= 15 is 0 Å². The molecule has 6 heteroatoms. The van der Waals surface area contributed by atoms with Crippen molar-refractivity contribution >= 4 is 0 Å². The highest BCUT2D eigenvalue weighted by Crippen LogP contribution is 2.28. The van der Waals surface area contributed by atoms with E-state index < -0.39 is 0 Å². The Bertz CT molecular complexity index is 375. The minimum absolute atomic E-state index is 0.166. The lowest BCUT2D eigenvalue weighted by atomic mass is 9.91. The predicted molar refractivity (Wildman–Crippen MR) is 69.9 cm³/mol. The number of hydrogen-bond donors (Lipinski definition) is 1. The number of nitrogens with zero attached hydrogens (tertiary/aromatic N) is 2. The summed E-state index contributed by atoms with van der Waals surface area (Å²) in [5.41, 5.74) is -0.166. The smallest absolute Gasteiger partial charge is 0.246 e. The lowest BCUT2D eigenvalue weighted by Crippen LogP contribution is -2.43. The molecule has 0 saturated carbocycles. The van der Waals surface area contributed by atoms with Gasteiger partial charge in [0.05, 0.1) is 25.4 Å². The molecule has 0 aliphatic carbocycles. The van der Waals surface area contributed by atoms with Crippen LogP contribution in [0.1, 0.15) is 37.9 Å². The molecule has 1 unspecified atom stereocenters. The van der Waals surface area contributed by atoms with Crippen molar-refractivity contribution in [1.82, 2.24) is 15.5 Å². The van der Waals surface area contributed by atoms with Crippen LogP contribution in [0.5, 0.6) is 0 Å². The zero-order valence-electron chi connectivity index (χ0n) is 11.8. The molecule has 1 fully saturated rings. The second kappa shape index (κ2) is 6.98. The van der Waals surface area contributed by atoms with E-state index in [1.54, 1.807) is 7.11 Å². The lowest BCUT2D eigenvalue weighted by Gasteiger charge is -2.31. The molecule has 19 heavy (non-hydrogen) atoms. The Morgan fingerprint density at radius 3 is 2.95 bits per heavy atom. The van der Waals surface area contributed by atoms with Gasteiger partial charge in [-0.15, -0.1) is 0 Å². The highest BCUT2D eigenvalue weighted by atomic mass is 16.5. The summed E-state index contributed by atoms with van der Waals surface area (Å²) in [6.45, 7) is 4.93. The standard InChI is InChI=1S/C13H23N3O3/c1-13(6-3-4-7-14-13)12-15-11(16-19-12)5-8-18-10-9-17-2/h14H,3-10H2,1-2H3. The third-order valence-electron chi connectivity index (χ3n) is 3.46. The van der Waals surface area contributed by atoms with Crippen molar-refractivity contribution in [1.29, 1.82) is 0 Å². The van der Waals surface area contributed by atoms with Crippen molar-refractivity contribution in [3.8, 4) is 0 Å². The average molecular weight is 269 g/mol. The Balaban J connectivity index is 1.81. The van der Waals surface area contributed by atoms with Crippen LogP contribution in [0.15, 0.2) is 4.52 Å². The van der Waals surface area contributed by atoms with Gasteiger partial charge in [-0.2, -0.15) is 4.98 Å². The first-order valence-corrected chi connectivity index (χ1v) is 6.89. The summed E-state index contributed by atoms with van der Waals surface area (Å²) < 4.78 is 15.7. The van der Waals surface area contributed by atoms with Crippen LogP contribution >= 0.6 is 0 Å². The molecule has 1 atom stereocenters. The van der Waals surface area contributed by atoms with Crippen LogP contribution in [-0.4, -0.2) is 43.6 Å². The molecule has 2 rings (SSSR count). The van der Waals surface area contributed by atoms with Gasteiger partial charge in [-0.1, -0.05) is 5.16 Å². The fraction of sp³-hybridized carbons (Fsp3) is 0.846. The Morgan fingerprint density at radius 2 is 2.21 bits per heavy atom. The highest BCUT2D eigenvalue weighted by molar-refractivity contribution is 5.03. The van der Waals surface area contributed by atoms with E-state index in [1.165, 1.54) is 12.8 Å². The van der Waals surface area contributed by atoms with Gasteiger partial charge in [-0.3, -0.25) is 0 Å². The van der Waals surface area contributed by atoms with E-state index in [9.17, 15) is 0 Å². The normalized spacial score (nSPS) is 23.7. The van der Waals surface area contributed by atoms with Crippen LogP contribution in [0.25, 0.3) is 0 Å². The Labute approximate surface area is 113 Å². The van der Waals surface area contributed by atoms with E-state index in [4.69, 9.17) is 14.0 Å². The van der Waals surface area contributed by atoms with Crippen molar-refractivity contribution in [2.75, 3.05) is 33.5 Å². The molecule has 1 aromatic heterocycles. The Hall–Kier alpha value is -0.980. The number of piperidine rings is 1. The number of hydrogen-bond acceptors (Lipinski definition) is 6. The molecule has 2 heterocycles. The van der Waals surface area contributed by atoms with Gasteiger partial charge >= 0.3 is 0 Å². The largest absolute Gasteiger partial charge is 0.382 e. The molecule has 0 amide bonds. The molecular formula is C13H23N3O3. The van der Waals surface area contributed by atoms with Gasteiger partial charge in [0, 0.05) is 13.5 Å². The van der Waals surface area contributed by atoms with Gasteiger partial charge in [0.15, 0.2) is 5.82 Å². The molecule has 0 spiro atoms. The predicted octanol–water partition coefficient (Wildman–Crippen LogP) is 1.26. The SMILES string of the molecule is COCCOCCc1noc(C2(C)CCCCN2)n1. The van der Waals surface area contributed by atoms with E-state index in [-0.39, 0.29) is 5.54 Å². The molecule has 0 aromatic carbocycles. The summed E-state index contributed by atoms with van der Waals surface area (Å²) in [7, 11) is 1.66. The zero-order valence-corrected chi connectivity index (χ0v) is 11.8. The van der Waals surface area contributed by atoms with Crippen LogP contribution < -0.4 is 5.32 Å². The van der Waals surface area contributed by atoms with Crippen LogP contribution in [0.4, 0.5) is 0 Å². The minimum Gasteiger partial charge on any atom is -0.382 e. The van der Waals surface area contributed by atoms with Gasteiger partial charge in [-0.25, -0.2) is 0 Å². The van der Waals surface area contributed by atoms with Crippen LogP contribution in [0.2, 0.25) is 0 Å². The van der Waals surface area contributed by atoms with Gasteiger partial charge in [0.2, 0.25) is 5.89 Å². The van der Waals surface area contributed by atoms with Gasteiger partial charge < -0.3 is 19.3 Å². The summed E-state index contributed by atoms with van der Waals surface area (Å²) in [6, 6.07) is 0. The van der Waals surface area contributed by atoms with E-state index in [0.29, 0.717) is 38.0 Å². The van der Waals surface area contributed by atoms with Gasteiger partial charge in [-0.05, 0) is 32.7 Å². The van der Waals surface area contributed by atoms with Crippen molar-refractivity contribution in [3.05, 3.63) is 11.7 Å². The number of methoxy groups -OCH3 is 1. The first-order chi connectivity index (χ1) is 9.24. The van der Waals surface area contributed by atoms with E-state index in [2.05, 4.69) is 22.4 Å². The molecule has 1 aromatic rings. The maximum atomic E-state index is 5.40. The molecule has 0 radical (unpaired) electrons. The third kappa shape index (κ3) is 3.99. The van der Waals surface area contributed by atoms with Crippen molar-refractivity contribution in [2.24, 2.45) is 0 Å². The summed E-state index contributed by atoms with van der Waals surface area (Å²) in [6.07, 6.45) is 4.12. The summed E-state index contributed by atoms with van der Waals surface area (Å²) >= 11 is 0. The van der Waals surface area contributed by atoms with E-state index in [1.807, 2.05) is 0 Å². The van der Waals surface area contributed by atoms with Gasteiger partial charge in [0.1, 0.15) is 0 Å². The number of nitrogens with one attached hydrogen (secondary N) is 1. The van der Waals surface area contributed by atoms with Crippen molar-refractivity contribution in [3.63, 3.8) is 0 Å². The van der Waals surface area contributed by atoms with Crippen LogP contribution in [0, 0.1) is 0 Å². The van der Waals surface area contributed by atoms with Gasteiger partial charge in [0.25, 0.3) is 0 Å². The quantitative estimate of drug-likeness (QED) is 0.752. The molecule has 1 aliphatic heterocycles. The monoisotopic (exact) mass is 269 g/mol. The molecule has 1 N–H and O–H groups in total. The van der Waals surface area contributed by atoms with Crippen molar-refractivity contribution < 1.29 is 14.0 Å². The Kier molecular flexibility index (Phi) is 5.30. The topological polar surface area (TPSA) is 69.4 Å². The second-order valence-corrected chi connectivity index (χ2v) is 5.09. The zero-order chi connectivity index (χ0) is 13.6. The van der Waals surface area contributed by atoms with Crippen LogP contribution in [-0.2, 0) is 21.4 Å². The lowest BCUT2D eigenvalue weighted by molar-refractivity contribution is 0.0714. The molecular weight excluding hydrogens is 246 g/mol. The highest BCUT2D eigenvalue weighted by Gasteiger charge is 2.33. The van der Waals surface area contributed by atoms with E-state index in [0.717, 1.165) is 13.0 Å². The molecule has 0 bridgehead atoms. The molecule has 1 saturated heterocycles. The fourth-order valence-electron chi connectivity index (χ4n) is 2.23. The number of aromatic nitrogens is 2. The maximum absolute atomic E-state index is 5.40. The molecule has 1 aliphatic rings. The second-order valence-electron chi connectivity index (χ2n) is 5.09. The van der Waals surface area contributed by atoms with Crippen molar-refractivity contribution in [2.45, 2.75) is 38.1 Å². The maximum Gasteiger partial charge on any atom is 0.246 e. The van der Waals surface area contributed by atoms with Crippen LogP contribution in [0.3, 0.4) is 0 Å².